The van der Waals surface area contributed by atoms with E-state index in [1.807, 2.05) is 26.0 Å². The van der Waals surface area contributed by atoms with E-state index in [0.29, 0.717) is 24.5 Å². The van der Waals surface area contributed by atoms with E-state index < -0.39 is 0 Å². The SMILES string of the molecule is CC(C)C1C(=O)NCCCN1C(=O)Cc1ccc(Cl)cc1. The molecule has 114 valence electrons. The third-order valence-corrected chi connectivity index (χ3v) is 3.95. The number of benzene rings is 1. The summed E-state index contributed by atoms with van der Waals surface area (Å²) in [6.07, 6.45) is 1.09. The molecule has 21 heavy (non-hydrogen) atoms. The second kappa shape index (κ2) is 6.94. The fourth-order valence-electron chi connectivity index (χ4n) is 2.67. The highest BCUT2D eigenvalue weighted by atomic mass is 35.5. The quantitative estimate of drug-likeness (QED) is 0.931. The first-order chi connectivity index (χ1) is 9.99. The second-order valence-electron chi connectivity index (χ2n) is 5.72. The van der Waals surface area contributed by atoms with Gasteiger partial charge in [0.1, 0.15) is 6.04 Å². The van der Waals surface area contributed by atoms with Crippen LogP contribution in [0.1, 0.15) is 25.8 Å². The van der Waals surface area contributed by atoms with Crippen molar-refractivity contribution in [1.29, 1.82) is 0 Å². The summed E-state index contributed by atoms with van der Waals surface area (Å²) in [5.41, 5.74) is 0.913. The summed E-state index contributed by atoms with van der Waals surface area (Å²) in [6, 6.07) is 6.87. The highest BCUT2D eigenvalue weighted by Gasteiger charge is 2.33. The van der Waals surface area contributed by atoms with Crippen LogP contribution in [0.3, 0.4) is 0 Å². The van der Waals surface area contributed by atoms with E-state index in [2.05, 4.69) is 5.32 Å². The summed E-state index contributed by atoms with van der Waals surface area (Å²) < 4.78 is 0. The Kier molecular flexibility index (Phi) is 5.23. The molecule has 0 saturated carbocycles. The predicted octanol–water partition coefficient (Wildman–Crippen LogP) is 2.26. The van der Waals surface area contributed by atoms with Crippen LogP contribution >= 0.6 is 11.6 Å². The molecule has 0 aromatic heterocycles. The lowest BCUT2D eigenvalue weighted by Crippen LogP contribution is -2.50. The molecule has 0 spiro atoms. The van der Waals surface area contributed by atoms with Crippen LogP contribution in [0.5, 0.6) is 0 Å². The van der Waals surface area contributed by atoms with Gasteiger partial charge in [-0.05, 0) is 30.0 Å². The van der Waals surface area contributed by atoms with Gasteiger partial charge in [0.25, 0.3) is 0 Å². The molecule has 2 amide bonds. The molecule has 1 heterocycles. The smallest absolute Gasteiger partial charge is 0.243 e. The van der Waals surface area contributed by atoms with Crippen LogP contribution in [0, 0.1) is 5.92 Å². The molecule has 4 nitrogen and oxygen atoms in total. The Bertz CT molecular complexity index is 514. The lowest BCUT2D eigenvalue weighted by molar-refractivity contribution is -0.140. The van der Waals surface area contributed by atoms with Gasteiger partial charge >= 0.3 is 0 Å². The molecular weight excluding hydrogens is 288 g/mol. The predicted molar refractivity (Wildman–Crippen MR) is 83.1 cm³/mol. The molecule has 2 rings (SSSR count). The van der Waals surface area contributed by atoms with Gasteiger partial charge in [0, 0.05) is 18.1 Å². The lowest BCUT2D eigenvalue weighted by Gasteiger charge is -2.31. The van der Waals surface area contributed by atoms with Gasteiger partial charge in [-0.1, -0.05) is 37.6 Å². The second-order valence-corrected chi connectivity index (χ2v) is 6.16. The van der Waals surface area contributed by atoms with Crippen molar-refractivity contribution in [2.45, 2.75) is 32.7 Å². The fraction of sp³-hybridized carbons (Fsp3) is 0.500. The van der Waals surface area contributed by atoms with Gasteiger partial charge in [0.15, 0.2) is 0 Å². The van der Waals surface area contributed by atoms with Crippen LogP contribution in [-0.4, -0.2) is 35.8 Å². The molecule has 1 aromatic carbocycles. The van der Waals surface area contributed by atoms with Gasteiger partial charge in [0.05, 0.1) is 6.42 Å². The van der Waals surface area contributed by atoms with Gasteiger partial charge in [-0.3, -0.25) is 9.59 Å². The summed E-state index contributed by atoms with van der Waals surface area (Å²) in [4.78, 5) is 26.4. The van der Waals surface area contributed by atoms with E-state index in [1.54, 1.807) is 17.0 Å². The third kappa shape index (κ3) is 3.97. The first kappa shape index (κ1) is 15.8. The molecule has 1 fully saturated rings. The minimum Gasteiger partial charge on any atom is -0.354 e. The van der Waals surface area contributed by atoms with Crippen LogP contribution in [0.15, 0.2) is 24.3 Å². The monoisotopic (exact) mass is 308 g/mol. The molecule has 5 heteroatoms. The number of halogens is 1. The molecule has 0 radical (unpaired) electrons. The number of hydrogen-bond donors (Lipinski definition) is 1. The van der Waals surface area contributed by atoms with Gasteiger partial charge in [-0.2, -0.15) is 0 Å². The fourth-order valence-corrected chi connectivity index (χ4v) is 2.79. The van der Waals surface area contributed by atoms with E-state index >= 15 is 0 Å². The Hall–Kier alpha value is -1.55. The van der Waals surface area contributed by atoms with Gasteiger partial charge in [0.2, 0.25) is 11.8 Å². The number of amides is 2. The Morgan fingerprint density at radius 1 is 1.38 bits per heavy atom. The molecule has 1 aliphatic heterocycles. The van der Waals surface area contributed by atoms with Crippen molar-refractivity contribution >= 4 is 23.4 Å². The van der Waals surface area contributed by atoms with Crippen LogP contribution in [0.4, 0.5) is 0 Å². The average molecular weight is 309 g/mol. The van der Waals surface area contributed by atoms with E-state index in [9.17, 15) is 9.59 Å². The third-order valence-electron chi connectivity index (χ3n) is 3.70. The molecule has 1 aromatic rings. The first-order valence-corrected chi connectivity index (χ1v) is 7.68. The number of nitrogens with zero attached hydrogens (tertiary/aromatic N) is 1. The van der Waals surface area contributed by atoms with Gasteiger partial charge < -0.3 is 10.2 Å². The zero-order chi connectivity index (χ0) is 15.4. The summed E-state index contributed by atoms with van der Waals surface area (Å²) in [7, 11) is 0. The topological polar surface area (TPSA) is 49.4 Å². The zero-order valence-electron chi connectivity index (χ0n) is 12.4. The van der Waals surface area contributed by atoms with Gasteiger partial charge in [-0.15, -0.1) is 0 Å². The summed E-state index contributed by atoms with van der Waals surface area (Å²) >= 11 is 5.85. The lowest BCUT2D eigenvalue weighted by atomic mass is 10.0. The van der Waals surface area contributed by atoms with Crippen molar-refractivity contribution in [1.82, 2.24) is 10.2 Å². The number of carbonyl (C=O) groups excluding carboxylic acids is 2. The van der Waals surface area contributed by atoms with Crippen LogP contribution in [-0.2, 0) is 16.0 Å². The van der Waals surface area contributed by atoms with Crippen LogP contribution in [0.2, 0.25) is 5.02 Å². The van der Waals surface area contributed by atoms with Crippen molar-refractivity contribution in [2.24, 2.45) is 5.92 Å². The molecule has 1 aliphatic rings. The summed E-state index contributed by atoms with van der Waals surface area (Å²) in [5, 5.41) is 3.54. The maximum Gasteiger partial charge on any atom is 0.243 e. The van der Waals surface area contributed by atoms with E-state index in [1.165, 1.54) is 0 Å². The normalized spacial score (nSPS) is 19.3. The molecule has 1 atom stereocenters. The van der Waals surface area contributed by atoms with Crippen LogP contribution < -0.4 is 5.32 Å². The molecule has 1 saturated heterocycles. The van der Waals surface area contributed by atoms with Crippen molar-refractivity contribution in [3.63, 3.8) is 0 Å². The summed E-state index contributed by atoms with van der Waals surface area (Å²) in [6.45, 7) is 5.19. The molecular formula is C16H21ClN2O2. The van der Waals surface area contributed by atoms with Crippen LogP contribution in [0.25, 0.3) is 0 Å². The van der Waals surface area contributed by atoms with E-state index in [-0.39, 0.29) is 23.8 Å². The molecule has 0 bridgehead atoms. The number of rotatable bonds is 3. The van der Waals surface area contributed by atoms with Crippen molar-refractivity contribution < 1.29 is 9.59 Å². The standard InChI is InChI=1S/C16H21ClN2O2/c1-11(2)15-16(21)18-8-3-9-19(15)14(20)10-12-4-6-13(17)7-5-12/h4-7,11,15H,3,8-10H2,1-2H3,(H,18,21). The van der Waals surface area contributed by atoms with Crippen molar-refractivity contribution in [2.75, 3.05) is 13.1 Å². The maximum absolute atomic E-state index is 12.6. The number of hydrogen-bond acceptors (Lipinski definition) is 2. The molecule has 0 aliphatic carbocycles. The minimum absolute atomic E-state index is 0.00641. The largest absolute Gasteiger partial charge is 0.354 e. The molecule has 1 unspecified atom stereocenters. The highest BCUT2D eigenvalue weighted by Crippen LogP contribution is 2.17. The molecule has 1 N–H and O–H groups in total. The Labute approximate surface area is 130 Å². The van der Waals surface area contributed by atoms with E-state index in [4.69, 9.17) is 11.6 Å². The zero-order valence-corrected chi connectivity index (χ0v) is 13.2. The Balaban J connectivity index is 2.14. The number of carbonyl (C=O) groups is 2. The van der Waals surface area contributed by atoms with E-state index in [0.717, 1.165) is 12.0 Å². The first-order valence-electron chi connectivity index (χ1n) is 7.30. The van der Waals surface area contributed by atoms with Gasteiger partial charge in [-0.25, -0.2) is 0 Å². The maximum atomic E-state index is 12.6. The Morgan fingerprint density at radius 2 is 2.05 bits per heavy atom. The Morgan fingerprint density at radius 3 is 2.67 bits per heavy atom. The van der Waals surface area contributed by atoms with Crippen molar-refractivity contribution in [3.8, 4) is 0 Å². The highest BCUT2D eigenvalue weighted by molar-refractivity contribution is 6.30. The minimum atomic E-state index is -0.382. The summed E-state index contributed by atoms with van der Waals surface area (Å²) in [5.74, 6) is 0.0392. The van der Waals surface area contributed by atoms with Crippen molar-refractivity contribution in [3.05, 3.63) is 34.9 Å². The average Bonchev–Trinajstić information content (AvgIpc) is 2.63. The number of nitrogens with one attached hydrogen (secondary N) is 1.